The van der Waals surface area contributed by atoms with Gasteiger partial charge in [0.05, 0.1) is 18.8 Å². The summed E-state index contributed by atoms with van der Waals surface area (Å²) >= 11 is 0. The molecule has 1 rings (SSSR count). The molecular formula is C18H29N7O6. The number of nitrogens with zero attached hydrogens (tertiary/aromatic N) is 1. The number of hydrogen-bond donors (Lipinski definition) is 7. The molecule has 0 aliphatic heterocycles. The molecule has 0 fully saturated rings. The average Bonchev–Trinajstić information content (AvgIpc) is 3.16. The molecule has 0 bridgehead atoms. The molecule has 0 saturated heterocycles. The molecule has 1 aromatic heterocycles. The molecule has 0 radical (unpaired) electrons. The van der Waals surface area contributed by atoms with Gasteiger partial charge in [0.15, 0.2) is 0 Å². The van der Waals surface area contributed by atoms with Gasteiger partial charge in [-0.2, -0.15) is 0 Å². The number of aromatic nitrogens is 2. The summed E-state index contributed by atoms with van der Waals surface area (Å²) in [6.07, 6.45) is 2.27. The predicted molar refractivity (Wildman–Crippen MR) is 108 cm³/mol. The first-order valence-corrected chi connectivity index (χ1v) is 9.57. The Bertz CT molecular complexity index is 793. The van der Waals surface area contributed by atoms with Gasteiger partial charge < -0.3 is 37.5 Å². The Morgan fingerprint density at radius 2 is 1.61 bits per heavy atom. The van der Waals surface area contributed by atoms with Gasteiger partial charge in [-0.3, -0.25) is 19.2 Å². The Morgan fingerprint density at radius 3 is 2.06 bits per heavy atom. The fourth-order valence-electron chi connectivity index (χ4n) is 2.58. The molecule has 4 unspecified atom stereocenters. The summed E-state index contributed by atoms with van der Waals surface area (Å²) in [4.78, 5) is 66.8. The van der Waals surface area contributed by atoms with E-state index in [1.54, 1.807) is 13.8 Å². The third-order valence-electron chi connectivity index (χ3n) is 4.29. The minimum absolute atomic E-state index is 0.00104. The van der Waals surface area contributed by atoms with Gasteiger partial charge in [0.1, 0.15) is 18.1 Å². The van der Waals surface area contributed by atoms with Crippen LogP contribution in [0.4, 0.5) is 0 Å². The van der Waals surface area contributed by atoms with Crippen molar-refractivity contribution in [3.05, 3.63) is 18.2 Å². The number of hydrogen-bond acceptors (Lipinski definition) is 7. The number of carbonyl (C=O) groups is 5. The number of carbonyl (C=O) groups excluding carboxylic acids is 4. The van der Waals surface area contributed by atoms with E-state index in [4.69, 9.17) is 11.5 Å². The highest BCUT2D eigenvalue weighted by Crippen LogP contribution is 2.05. The van der Waals surface area contributed by atoms with Gasteiger partial charge >= 0.3 is 5.97 Å². The van der Waals surface area contributed by atoms with Crippen LogP contribution in [0.5, 0.6) is 0 Å². The molecule has 0 saturated carbocycles. The molecule has 4 atom stereocenters. The quantitative estimate of drug-likeness (QED) is 0.182. The van der Waals surface area contributed by atoms with Crippen LogP contribution in [0.3, 0.4) is 0 Å². The smallest absolute Gasteiger partial charge is 0.326 e. The maximum absolute atomic E-state index is 12.8. The van der Waals surface area contributed by atoms with Crippen molar-refractivity contribution in [3.8, 4) is 0 Å². The van der Waals surface area contributed by atoms with Crippen LogP contribution in [0.25, 0.3) is 0 Å². The summed E-state index contributed by atoms with van der Waals surface area (Å²) in [7, 11) is 0. The number of aromatic amines is 1. The highest BCUT2D eigenvalue weighted by Gasteiger charge is 2.32. The van der Waals surface area contributed by atoms with Crippen molar-refractivity contribution in [3.63, 3.8) is 0 Å². The Morgan fingerprint density at radius 1 is 1.03 bits per heavy atom. The van der Waals surface area contributed by atoms with Gasteiger partial charge in [0, 0.05) is 18.3 Å². The van der Waals surface area contributed by atoms with Crippen LogP contribution in [0.15, 0.2) is 12.5 Å². The van der Waals surface area contributed by atoms with Crippen LogP contribution < -0.4 is 27.4 Å². The number of aliphatic carboxylic acids is 1. The number of amides is 4. The number of nitrogens with one attached hydrogen (secondary N) is 4. The van der Waals surface area contributed by atoms with Crippen molar-refractivity contribution in [2.75, 3.05) is 0 Å². The number of rotatable bonds is 12. The Kier molecular flexibility index (Phi) is 9.60. The van der Waals surface area contributed by atoms with Crippen LogP contribution >= 0.6 is 0 Å². The number of carboxylic acid groups (broad SMARTS) is 1. The van der Waals surface area contributed by atoms with Gasteiger partial charge in [-0.15, -0.1) is 0 Å². The van der Waals surface area contributed by atoms with Crippen LogP contribution in [-0.2, 0) is 30.4 Å². The van der Waals surface area contributed by atoms with E-state index in [1.165, 1.54) is 19.4 Å². The van der Waals surface area contributed by atoms with E-state index in [0.29, 0.717) is 5.69 Å². The Balaban J connectivity index is 3.03. The minimum atomic E-state index is -1.44. The fourth-order valence-corrected chi connectivity index (χ4v) is 2.58. The van der Waals surface area contributed by atoms with E-state index in [9.17, 15) is 29.1 Å². The molecule has 0 aliphatic rings. The van der Waals surface area contributed by atoms with Gasteiger partial charge in [-0.25, -0.2) is 9.78 Å². The second kappa shape index (κ2) is 11.6. The van der Waals surface area contributed by atoms with Crippen molar-refractivity contribution in [2.45, 2.75) is 57.8 Å². The largest absolute Gasteiger partial charge is 0.480 e. The normalized spacial score (nSPS) is 14.7. The van der Waals surface area contributed by atoms with E-state index < -0.39 is 66.1 Å². The first-order valence-electron chi connectivity index (χ1n) is 9.57. The summed E-state index contributed by atoms with van der Waals surface area (Å²) in [6.45, 7) is 4.61. The molecule has 13 heteroatoms. The topological polar surface area (TPSA) is 222 Å². The number of H-pyrrole nitrogens is 1. The van der Waals surface area contributed by atoms with Gasteiger partial charge in [0.2, 0.25) is 23.6 Å². The van der Waals surface area contributed by atoms with Crippen LogP contribution in [0, 0.1) is 5.92 Å². The molecule has 172 valence electrons. The number of carboxylic acids is 1. The van der Waals surface area contributed by atoms with E-state index in [-0.39, 0.29) is 6.42 Å². The highest BCUT2D eigenvalue weighted by atomic mass is 16.4. The van der Waals surface area contributed by atoms with Crippen molar-refractivity contribution < 1.29 is 29.1 Å². The third kappa shape index (κ3) is 8.42. The van der Waals surface area contributed by atoms with Gasteiger partial charge in [-0.1, -0.05) is 13.8 Å². The molecule has 13 nitrogen and oxygen atoms in total. The Hall–Kier alpha value is -3.48. The number of nitrogens with two attached hydrogens (primary N) is 2. The SMILES string of the molecule is CC(N)C(=O)NC(Cc1cnc[nH]1)C(=O)NC(CC(N)=O)C(=O)NC(C(=O)O)C(C)C. The van der Waals surface area contributed by atoms with Crippen molar-refractivity contribution >= 4 is 29.6 Å². The highest BCUT2D eigenvalue weighted by molar-refractivity contribution is 5.96. The summed E-state index contributed by atoms with van der Waals surface area (Å²) in [5.41, 5.74) is 11.2. The lowest BCUT2D eigenvalue weighted by Crippen LogP contribution is -2.58. The standard InChI is InChI=1S/C18H29N7O6/c1-8(2)14(18(30)31)25-17(29)12(5-13(20)26)24-16(28)11(23-15(27)9(3)19)4-10-6-21-7-22-10/h6-9,11-12,14H,4-5,19H2,1-3H3,(H2,20,26)(H,21,22)(H,23,27)(H,24,28)(H,25,29)(H,30,31). The molecule has 0 aliphatic carbocycles. The number of imidazole rings is 1. The lowest BCUT2D eigenvalue weighted by Gasteiger charge is -2.25. The van der Waals surface area contributed by atoms with Gasteiger partial charge in [-0.05, 0) is 12.8 Å². The van der Waals surface area contributed by atoms with Crippen LogP contribution in [0.1, 0.15) is 32.9 Å². The van der Waals surface area contributed by atoms with E-state index in [2.05, 4.69) is 25.9 Å². The molecule has 31 heavy (non-hydrogen) atoms. The van der Waals surface area contributed by atoms with Crippen molar-refractivity contribution in [2.24, 2.45) is 17.4 Å². The lowest BCUT2D eigenvalue weighted by atomic mass is 10.0. The molecule has 0 spiro atoms. The molecule has 9 N–H and O–H groups in total. The summed E-state index contributed by atoms with van der Waals surface area (Å²) in [5, 5.41) is 16.4. The number of primary amides is 1. The van der Waals surface area contributed by atoms with E-state index in [1.807, 2.05) is 0 Å². The van der Waals surface area contributed by atoms with Crippen LogP contribution in [0.2, 0.25) is 0 Å². The zero-order valence-electron chi connectivity index (χ0n) is 17.5. The minimum Gasteiger partial charge on any atom is -0.480 e. The van der Waals surface area contributed by atoms with E-state index in [0.717, 1.165) is 0 Å². The zero-order valence-corrected chi connectivity index (χ0v) is 17.5. The molecule has 1 aromatic rings. The molecule has 1 heterocycles. The second-order valence-electron chi connectivity index (χ2n) is 7.43. The summed E-state index contributed by atoms with van der Waals surface area (Å²) in [5.74, 6) is -4.91. The Labute approximate surface area is 178 Å². The monoisotopic (exact) mass is 439 g/mol. The predicted octanol–water partition coefficient (Wildman–Crippen LogP) is -2.63. The maximum atomic E-state index is 12.8. The first kappa shape index (κ1) is 25.6. The average molecular weight is 439 g/mol. The molecule has 0 aromatic carbocycles. The third-order valence-corrected chi connectivity index (χ3v) is 4.29. The molecular weight excluding hydrogens is 410 g/mol. The fraction of sp³-hybridized carbons (Fsp3) is 0.556. The van der Waals surface area contributed by atoms with Crippen molar-refractivity contribution in [1.82, 2.24) is 25.9 Å². The summed E-state index contributed by atoms with van der Waals surface area (Å²) in [6, 6.07) is -4.73. The van der Waals surface area contributed by atoms with Crippen molar-refractivity contribution in [1.29, 1.82) is 0 Å². The summed E-state index contributed by atoms with van der Waals surface area (Å²) < 4.78 is 0. The zero-order chi connectivity index (χ0) is 23.7. The first-order chi connectivity index (χ1) is 14.4. The maximum Gasteiger partial charge on any atom is 0.326 e. The van der Waals surface area contributed by atoms with Crippen LogP contribution in [-0.4, -0.2) is 68.8 Å². The van der Waals surface area contributed by atoms with Gasteiger partial charge in [0.25, 0.3) is 0 Å². The van der Waals surface area contributed by atoms with E-state index >= 15 is 0 Å². The second-order valence-corrected chi connectivity index (χ2v) is 7.43. The lowest BCUT2D eigenvalue weighted by molar-refractivity contribution is -0.143. The molecule has 4 amide bonds.